The molecule has 0 aromatic rings. The molecule has 3 heteroatoms. The molecule has 1 fully saturated rings. The van der Waals surface area contributed by atoms with Gasteiger partial charge in [-0.15, -0.1) is 0 Å². The van der Waals surface area contributed by atoms with Crippen molar-refractivity contribution in [2.24, 2.45) is 0 Å². The van der Waals surface area contributed by atoms with Gasteiger partial charge >= 0.3 is 0 Å². The van der Waals surface area contributed by atoms with E-state index in [1.807, 2.05) is 0 Å². The molecule has 0 saturated carbocycles. The molecule has 0 N–H and O–H groups in total. The van der Waals surface area contributed by atoms with E-state index in [1.54, 1.807) is 0 Å². The summed E-state index contributed by atoms with van der Waals surface area (Å²) in [6.07, 6.45) is 2.42. The highest BCUT2D eigenvalue weighted by Crippen LogP contribution is 2.15. The Kier molecular flexibility index (Phi) is 5.41. The van der Waals surface area contributed by atoms with Crippen LogP contribution >= 0.6 is 0 Å². The Hall–Kier alpha value is -0.150. The first-order valence-electron chi connectivity index (χ1n) is 5.84. The maximum atomic E-state index is 12.1. The van der Waals surface area contributed by atoms with Crippen molar-refractivity contribution in [1.82, 2.24) is 9.80 Å². The Balaban J connectivity index is 2.27. The van der Waals surface area contributed by atoms with Gasteiger partial charge in [-0.3, -0.25) is 0 Å². The molecule has 0 unspecified atom stereocenters. The molecule has 1 aliphatic rings. The van der Waals surface area contributed by atoms with Crippen molar-refractivity contribution in [2.45, 2.75) is 32.7 Å². The second-order valence-electron chi connectivity index (χ2n) is 3.98. The van der Waals surface area contributed by atoms with Crippen molar-refractivity contribution >= 4 is 0 Å². The van der Waals surface area contributed by atoms with E-state index in [1.165, 1.54) is 12.8 Å². The van der Waals surface area contributed by atoms with Crippen LogP contribution in [-0.4, -0.2) is 55.2 Å². The highest BCUT2D eigenvalue weighted by Gasteiger charge is 2.22. The molecular formula is C11H23FN2. The van der Waals surface area contributed by atoms with Gasteiger partial charge < -0.3 is 9.80 Å². The van der Waals surface area contributed by atoms with Crippen LogP contribution in [-0.2, 0) is 0 Å². The lowest BCUT2D eigenvalue weighted by molar-refractivity contribution is 0.112. The van der Waals surface area contributed by atoms with Crippen LogP contribution in [0.25, 0.3) is 0 Å². The fraction of sp³-hybridized carbons (Fsp3) is 1.00. The summed E-state index contributed by atoms with van der Waals surface area (Å²) in [6, 6.07) is 0.737. The zero-order chi connectivity index (χ0) is 10.4. The van der Waals surface area contributed by atoms with Gasteiger partial charge in [-0.1, -0.05) is 13.8 Å². The summed E-state index contributed by atoms with van der Waals surface area (Å²) >= 11 is 0. The third-order valence-corrected chi connectivity index (χ3v) is 3.29. The number of nitrogens with zero attached hydrogens (tertiary/aromatic N) is 2. The predicted octanol–water partition coefficient (Wildman–Crippen LogP) is 1.76. The molecule has 0 radical (unpaired) electrons. The molecule has 0 amide bonds. The normalized spacial score (nSPS) is 20.6. The van der Waals surface area contributed by atoms with Crippen molar-refractivity contribution in [1.29, 1.82) is 0 Å². The third kappa shape index (κ3) is 3.21. The number of halogens is 1. The van der Waals surface area contributed by atoms with Crippen molar-refractivity contribution < 1.29 is 4.39 Å². The van der Waals surface area contributed by atoms with Crippen LogP contribution in [0.3, 0.4) is 0 Å². The van der Waals surface area contributed by atoms with E-state index < -0.39 is 0 Å². The summed E-state index contributed by atoms with van der Waals surface area (Å²) in [5, 5.41) is 0. The highest BCUT2D eigenvalue weighted by molar-refractivity contribution is 4.78. The topological polar surface area (TPSA) is 6.48 Å². The largest absolute Gasteiger partial charge is 0.301 e. The molecule has 0 atom stereocenters. The van der Waals surface area contributed by atoms with E-state index in [2.05, 4.69) is 23.6 Å². The fourth-order valence-electron chi connectivity index (χ4n) is 2.37. The van der Waals surface area contributed by atoms with Gasteiger partial charge in [-0.2, -0.15) is 0 Å². The Morgan fingerprint density at radius 3 is 2.21 bits per heavy atom. The first-order chi connectivity index (χ1) is 6.81. The van der Waals surface area contributed by atoms with Crippen LogP contribution in [0.5, 0.6) is 0 Å². The quantitative estimate of drug-likeness (QED) is 0.670. The van der Waals surface area contributed by atoms with Crippen LogP contribution in [0.15, 0.2) is 0 Å². The standard InChI is InChI=1S/C11H23FN2/c1-3-14(4-2)11-5-8-13(9-6-11)10-7-12/h11H,3-10H2,1-2H3. The van der Waals surface area contributed by atoms with Crippen LogP contribution in [0.2, 0.25) is 0 Å². The minimum absolute atomic E-state index is 0.198. The summed E-state index contributed by atoms with van der Waals surface area (Å²) in [5.74, 6) is 0. The number of alkyl halides is 1. The maximum Gasteiger partial charge on any atom is 0.102 e. The summed E-state index contributed by atoms with van der Waals surface area (Å²) in [4.78, 5) is 4.76. The van der Waals surface area contributed by atoms with E-state index in [-0.39, 0.29) is 6.67 Å². The molecule has 1 aliphatic heterocycles. The van der Waals surface area contributed by atoms with Crippen LogP contribution in [0.1, 0.15) is 26.7 Å². The Morgan fingerprint density at radius 2 is 1.79 bits per heavy atom. The molecule has 0 spiro atoms. The molecular weight excluding hydrogens is 179 g/mol. The zero-order valence-corrected chi connectivity index (χ0v) is 9.51. The Bertz CT molecular complexity index is 140. The van der Waals surface area contributed by atoms with E-state index in [4.69, 9.17) is 0 Å². The first-order valence-corrected chi connectivity index (χ1v) is 5.84. The van der Waals surface area contributed by atoms with Crippen LogP contribution in [0, 0.1) is 0 Å². The summed E-state index contributed by atoms with van der Waals surface area (Å²) < 4.78 is 12.1. The van der Waals surface area contributed by atoms with Gasteiger partial charge in [0.05, 0.1) is 0 Å². The van der Waals surface area contributed by atoms with E-state index >= 15 is 0 Å². The van der Waals surface area contributed by atoms with Gasteiger partial charge in [0.25, 0.3) is 0 Å². The molecule has 1 heterocycles. The predicted molar refractivity (Wildman–Crippen MR) is 58.4 cm³/mol. The Morgan fingerprint density at radius 1 is 1.21 bits per heavy atom. The van der Waals surface area contributed by atoms with Gasteiger partial charge in [0.1, 0.15) is 6.67 Å². The van der Waals surface area contributed by atoms with Gasteiger partial charge in [0.15, 0.2) is 0 Å². The minimum atomic E-state index is -0.198. The lowest BCUT2D eigenvalue weighted by atomic mass is 10.0. The van der Waals surface area contributed by atoms with Gasteiger partial charge in [0.2, 0.25) is 0 Å². The minimum Gasteiger partial charge on any atom is -0.301 e. The van der Waals surface area contributed by atoms with Gasteiger partial charge in [-0.25, -0.2) is 4.39 Å². The van der Waals surface area contributed by atoms with Gasteiger partial charge in [0, 0.05) is 12.6 Å². The molecule has 1 saturated heterocycles. The lowest BCUT2D eigenvalue weighted by Crippen LogP contribution is -2.45. The van der Waals surface area contributed by atoms with Crippen LogP contribution in [0.4, 0.5) is 4.39 Å². The van der Waals surface area contributed by atoms with Crippen molar-refractivity contribution in [3.8, 4) is 0 Å². The summed E-state index contributed by atoms with van der Waals surface area (Å²) in [7, 11) is 0. The third-order valence-electron chi connectivity index (χ3n) is 3.29. The summed E-state index contributed by atoms with van der Waals surface area (Å²) in [5.41, 5.74) is 0. The molecule has 1 rings (SSSR count). The fourth-order valence-corrected chi connectivity index (χ4v) is 2.37. The number of likely N-dealkylation sites (tertiary alicyclic amines) is 1. The number of piperidine rings is 1. The molecule has 14 heavy (non-hydrogen) atoms. The van der Waals surface area contributed by atoms with Crippen molar-refractivity contribution in [3.05, 3.63) is 0 Å². The average Bonchev–Trinajstić information content (AvgIpc) is 2.23. The van der Waals surface area contributed by atoms with E-state index in [0.717, 1.165) is 32.2 Å². The SMILES string of the molecule is CCN(CC)C1CCN(CCF)CC1. The van der Waals surface area contributed by atoms with E-state index in [0.29, 0.717) is 6.54 Å². The molecule has 0 aliphatic carbocycles. The molecule has 0 aromatic heterocycles. The second-order valence-corrected chi connectivity index (χ2v) is 3.98. The van der Waals surface area contributed by atoms with E-state index in [9.17, 15) is 4.39 Å². The highest BCUT2D eigenvalue weighted by atomic mass is 19.1. The lowest BCUT2D eigenvalue weighted by Gasteiger charge is -2.37. The average molecular weight is 202 g/mol. The van der Waals surface area contributed by atoms with Crippen molar-refractivity contribution in [2.75, 3.05) is 39.4 Å². The number of hydrogen-bond acceptors (Lipinski definition) is 2. The monoisotopic (exact) mass is 202 g/mol. The maximum absolute atomic E-state index is 12.1. The molecule has 84 valence electrons. The van der Waals surface area contributed by atoms with Crippen LogP contribution < -0.4 is 0 Å². The molecule has 0 bridgehead atoms. The second kappa shape index (κ2) is 6.36. The van der Waals surface area contributed by atoms with Crippen molar-refractivity contribution in [3.63, 3.8) is 0 Å². The molecule has 2 nitrogen and oxygen atoms in total. The Labute approximate surface area is 87.1 Å². The smallest absolute Gasteiger partial charge is 0.102 e. The zero-order valence-electron chi connectivity index (χ0n) is 9.51. The summed E-state index contributed by atoms with van der Waals surface area (Å²) in [6.45, 7) is 9.31. The first kappa shape index (κ1) is 11.9. The molecule has 0 aromatic carbocycles. The van der Waals surface area contributed by atoms with Gasteiger partial charge in [-0.05, 0) is 39.0 Å². The number of rotatable bonds is 5. The number of hydrogen-bond donors (Lipinski definition) is 0.